The van der Waals surface area contributed by atoms with Gasteiger partial charge < -0.3 is 10.6 Å². The van der Waals surface area contributed by atoms with Crippen LogP contribution in [-0.4, -0.2) is 17.4 Å². The second-order valence-corrected chi connectivity index (χ2v) is 5.27. The molecule has 6 nitrogen and oxygen atoms in total. The van der Waals surface area contributed by atoms with E-state index in [2.05, 4.69) is 11.0 Å². The Hall–Kier alpha value is -2.89. The largest absolute Gasteiger partial charge is 0.366 e. The lowest BCUT2D eigenvalue weighted by molar-refractivity contribution is -0.385. The van der Waals surface area contributed by atoms with Crippen LogP contribution in [0.4, 0.5) is 11.4 Å². The van der Waals surface area contributed by atoms with Gasteiger partial charge in [0.2, 0.25) is 5.91 Å². The third kappa shape index (κ3) is 2.50. The van der Waals surface area contributed by atoms with Crippen LogP contribution in [0.5, 0.6) is 0 Å². The van der Waals surface area contributed by atoms with Gasteiger partial charge >= 0.3 is 0 Å². The molecule has 0 saturated heterocycles. The maximum absolute atomic E-state index is 11.3. The molecular formula is C16H15N3O3. The molecule has 1 aliphatic rings. The Morgan fingerprint density at radius 2 is 2.05 bits per heavy atom. The molecule has 1 aliphatic heterocycles. The van der Waals surface area contributed by atoms with Crippen LogP contribution < -0.4 is 10.6 Å². The number of benzene rings is 2. The number of para-hydroxylation sites is 1. The third-order valence-electron chi connectivity index (χ3n) is 3.91. The highest BCUT2D eigenvalue weighted by atomic mass is 16.6. The van der Waals surface area contributed by atoms with E-state index in [1.165, 1.54) is 17.7 Å². The molecule has 0 fully saturated rings. The maximum atomic E-state index is 11.3. The summed E-state index contributed by atoms with van der Waals surface area (Å²) in [6.45, 7) is 1.26. The highest BCUT2D eigenvalue weighted by Crippen LogP contribution is 2.31. The number of amides is 1. The van der Waals surface area contributed by atoms with Crippen LogP contribution in [0.25, 0.3) is 0 Å². The Bertz CT molecular complexity index is 758. The van der Waals surface area contributed by atoms with E-state index in [1.807, 2.05) is 18.2 Å². The molecule has 1 amide bonds. The highest BCUT2D eigenvalue weighted by Gasteiger charge is 2.23. The molecule has 22 heavy (non-hydrogen) atoms. The first-order valence-corrected chi connectivity index (χ1v) is 6.96. The SMILES string of the molecule is NC(=O)c1ccc(CN2CCc3ccccc32)c([N+](=O)[O-])c1. The predicted octanol–water partition coefficient (Wildman–Crippen LogP) is 2.26. The number of nitro groups is 1. The quantitative estimate of drug-likeness (QED) is 0.692. The van der Waals surface area contributed by atoms with Crippen molar-refractivity contribution >= 4 is 17.3 Å². The fourth-order valence-corrected chi connectivity index (χ4v) is 2.80. The second kappa shape index (κ2) is 5.48. The number of nitro benzene ring substituents is 1. The van der Waals surface area contributed by atoms with E-state index in [1.54, 1.807) is 6.07 Å². The summed E-state index contributed by atoms with van der Waals surface area (Å²) in [4.78, 5) is 24.1. The van der Waals surface area contributed by atoms with Gasteiger partial charge in [0.1, 0.15) is 0 Å². The number of rotatable bonds is 4. The number of anilines is 1. The minimum atomic E-state index is -0.666. The van der Waals surface area contributed by atoms with E-state index in [4.69, 9.17) is 5.73 Å². The highest BCUT2D eigenvalue weighted by molar-refractivity contribution is 5.93. The molecule has 2 aromatic carbocycles. The van der Waals surface area contributed by atoms with Gasteiger partial charge in [0, 0.05) is 36.0 Å². The van der Waals surface area contributed by atoms with Crippen LogP contribution in [0, 0.1) is 10.1 Å². The van der Waals surface area contributed by atoms with Gasteiger partial charge in [-0.15, -0.1) is 0 Å². The Morgan fingerprint density at radius 3 is 2.77 bits per heavy atom. The van der Waals surface area contributed by atoms with Crippen LogP contribution in [0.1, 0.15) is 21.5 Å². The van der Waals surface area contributed by atoms with Crippen molar-refractivity contribution in [3.63, 3.8) is 0 Å². The Morgan fingerprint density at radius 1 is 1.27 bits per heavy atom. The van der Waals surface area contributed by atoms with Gasteiger partial charge in [-0.2, -0.15) is 0 Å². The summed E-state index contributed by atoms with van der Waals surface area (Å²) in [6.07, 6.45) is 0.934. The average Bonchev–Trinajstić information content (AvgIpc) is 2.90. The van der Waals surface area contributed by atoms with Crippen molar-refractivity contribution in [2.75, 3.05) is 11.4 Å². The van der Waals surface area contributed by atoms with Crippen LogP contribution >= 0.6 is 0 Å². The summed E-state index contributed by atoms with van der Waals surface area (Å²) in [7, 11) is 0. The van der Waals surface area contributed by atoms with Gasteiger partial charge in [0.15, 0.2) is 0 Å². The lowest BCUT2D eigenvalue weighted by Crippen LogP contribution is -2.20. The minimum Gasteiger partial charge on any atom is -0.366 e. The average molecular weight is 297 g/mol. The molecule has 1 heterocycles. The molecule has 2 aromatic rings. The predicted molar refractivity (Wildman–Crippen MR) is 82.8 cm³/mol. The lowest BCUT2D eigenvalue weighted by atomic mass is 10.1. The van der Waals surface area contributed by atoms with Crippen LogP contribution in [0.2, 0.25) is 0 Å². The number of nitrogens with zero attached hydrogens (tertiary/aromatic N) is 2. The van der Waals surface area contributed by atoms with Crippen molar-refractivity contribution in [3.05, 3.63) is 69.3 Å². The van der Waals surface area contributed by atoms with E-state index in [-0.39, 0.29) is 11.3 Å². The van der Waals surface area contributed by atoms with Crippen LogP contribution in [-0.2, 0) is 13.0 Å². The Kier molecular flexibility index (Phi) is 3.50. The van der Waals surface area contributed by atoms with E-state index in [9.17, 15) is 14.9 Å². The summed E-state index contributed by atoms with van der Waals surface area (Å²) in [5.41, 5.74) is 8.20. The molecule has 0 spiro atoms. The molecule has 0 radical (unpaired) electrons. The van der Waals surface area contributed by atoms with Gasteiger partial charge in [0.05, 0.1) is 4.92 Å². The molecule has 112 valence electrons. The monoisotopic (exact) mass is 297 g/mol. The third-order valence-corrected chi connectivity index (χ3v) is 3.91. The van der Waals surface area contributed by atoms with Gasteiger partial charge in [-0.25, -0.2) is 0 Å². The minimum absolute atomic E-state index is 0.0688. The molecule has 6 heteroatoms. The van der Waals surface area contributed by atoms with E-state index < -0.39 is 10.8 Å². The zero-order chi connectivity index (χ0) is 15.7. The van der Waals surface area contributed by atoms with Crippen molar-refractivity contribution in [1.29, 1.82) is 0 Å². The summed E-state index contributed by atoms with van der Waals surface area (Å²) >= 11 is 0. The van der Waals surface area contributed by atoms with Gasteiger partial charge in [-0.05, 0) is 30.2 Å². The van der Waals surface area contributed by atoms with E-state index >= 15 is 0 Å². The lowest BCUT2D eigenvalue weighted by Gasteiger charge is -2.19. The number of fused-ring (bicyclic) bond motifs is 1. The molecule has 0 aromatic heterocycles. The zero-order valence-corrected chi connectivity index (χ0v) is 11.9. The maximum Gasteiger partial charge on any atom is 0.275 e. The standard InChI is InChI=1S/C16H15N3O3/c17-16(20)12-5-6-13(15(9-12)19(21)22)10-18-8-7-11-3-1-2-4-14(11)18/h1-6,9H,7-8,10H2,(H2,17,20). The van der Waals surface area contributed by atoms with Crippen molar-refractivity contribution in [2.24, 2.45) is 5.73 Å². The fourth-order valence-electron chi connectivity index (χ4n) is 2.80. The number of hydrogen-bond acceptors (Lipinski definition) is 4. The zero-order valence-electron chi connectivity index (χ0n) is 11.9. The van der Waals surface area contributed by atoms with E-state index in [0.29, 0.717) is 12.1 Å². The fraction of sp³-hybridized carbons (Fsp3) is 0.188. The molecular weight excluding hydrogens is 282 g/mol. The van der Waals surface area contributed by atoms with Crippen molar-refractivity contribution in [3.8, 4) is 0 Å². The number of carbonyl (C=O) groups is 1. The van der Waals surface area contributed by atoms with Gasteiger partial charge in [-0.3, -0.25) is 14.9 Å². The molecule has 0 aliphatic carbocycles. The first-order valence-electron chi connectivity index (χ1n) is 6.96. The summed E-state index contributed by atoms with van der Waals surface area (Å²) in [5, 5.41) is 11.3. The van der Waals surface area contributed by atoms with Crippen LogP contribution in [0.15, 0.2) is 42.5 Å². The smallest absolute Gasteiger partial charge is 0.275 e. The van der Waals surface area contributed by atoms with Crippen LogP contribution in [0.3, 0.4) is 0 Å². The molecule has 0 saturated carbocycles. The molecule has 2 N–H and O–H groups in total. The summed E-state index contributed by atoms with van der Waals surface area (Å²) in [5.74, 6) is -0.666. The van der Waals surface area contributed by atoms with Gasteiger partial charge in [-0.1, -0.05) is 18.2 Å². The van der Waals surface area contributed by atoms with Crippen molar-refractivity contribution < 1.29 is 9.72 Å². The molecule has 0 unspecified atom stereocenters. The topological polar surface area (TPSA) is 89.5 Å². The number of primary amides is 1. The first kappa shape index (κ1) is 14.1. The summed E-state index contributed by atoms with van der Waals surface area (Å²) < 4.78 is 0. The number of carbonyl (C=O) groups excluding carboxylic acids is 1. The summed E-state index contributed by atoms with van der Waals surface area (Å²) in [6, 6.07) is 12.4. The normalized spacial score (nSPS) is 13.0. The molecule has 3 rings (SSSR count). The van der Waals surface area contributed by atoms with Crippen molar-refractivity contribution in [1.82, 2.24) is 0 Å². The Balaban J connectivity index is 1.93. The Labute approximate surface area is 127 Å². The number of hydrogen-bond donors (Lipinski definition) is 1. The van der Waals surface area contributed by atoms with Gasteiger partial charge in [0.25, 0.3) is 5.69 Å². The molecule has 0 bridgehead atoms. The van der Waals surface area contributed by atoms with E-state index in [0.717, 1.165) is 18.7 Å². The molecule has 0 atom stereocenters. The first-order chi connectivity index (χ1) is 10.6. The van der Waals surface area contributed by atoms with Crippen molar-refractivity contribution in [2.45, 2.75) is 13.0 Å². The second-order valence-electron chi connectivity index (χ2n) is 5.27. The number of nitrogens with two attached hydrogens (primary N) is 1.